The molecule has 3 heterocycles. The van der Waals surface area contributed by atoms with Crippen molar-refractivity contribution in [3.63, 3.8) is 0 Å². The SMILES string of the molecule is O=C(/C=C/c1ccco1)NCc1ccc(-n2cncn2)nc1. The summed E-state index contributed by atoms with van der Waals surface area (Å²) < 4.78 is 6.67. The van der Waals surface area contributed by atoms with Crippen LogP contribution in [-0.4, -0.2) is 25.7 Å². The van der Waals surface area contributed by atoms with E-state index in [1.807, 2.05) is 12.1 Å². The van der Waals surface area contributed by atoms with Crippen LogP contribution in [0.3, 0.4) is 0 Å². The second kappa shape index (κ2) is 6.49. The van der Waals surface area contributed by atoms with Crippen LogP contribution in [0.25, 0.3) is 11.9 Å². The van der Waals surface area contributed by atoms with E-state index < -0.39 is 0 Å². The van der Waals surface area contributed by atoms with Gasteiger partial charge in [0.25, 0.3) is 0 Å². The molecule has 0 aliphatic heterocycles. The van der Waals surface area contributed by atoms with E-state index in [1.54, 1.807) is 41.7 Å². The minimum Gasteiger partial charge on any atom is -0.465 e. The van der Waals surface area contributed by atoms with Gasteiger partial charge in [-0.3, -0.25) is 4.79 Å². The van der Waals surface area contributed by atoms with E-state index in [0.717, 1.165) is 5.56 Å². The van der Waals surface area contributed by atoms with E-state index in [0.29, 0.717) is 18.1 Å². The predicted octanol–water partition coefficient (Wildman–Crippen LogP) is 1.58. The van der Waals surface area contributed by atoms with Crippen molar-refractivity contribution in [3.8, 4) is 5.82 Å². The Morgan fingerprint density at radius 1 is 1.36 bits per heavy atom. The smallest absolute Gasteiger partial charge is 0.244 e. The van der Waals surface area contributed by atoms with Crippen molar-refractivity contribution in [1.82, 2.24) is 25.1 Å². The molecule has 0 saturated heterocycles. The van der Waals surface area contributed by atoms with Gasteiger partial charge >= 0.3 is 0 Å². The lowest BCUT2D eigenvalue weighted by Gasteiger charge is -2.04. The molecule has 3 rings (SSSR count). The van der Waals surface area contributed by atoms with Gasteiger partial charge in [-0.15, -0.1) is 0 Å². The molecule has 3 aromatic rings. The summed E-state index contributed by atoms with van der Waals surface area (Å²) >= 11 is 0. The summed E-state index contributed by atoms with van der Waals surface area (Å²) in [5.41, 5.74) is 0.892. The first-order valence-electron chi connectivity index (χ1n) is 6.60. The van der Waals surface area contributed by atoms with E-state index in [9.17, 15) is 4.79 Å². The lowest BCUT2D eigenvalue weighted by Crippen LogP contribution is -2.20. The number of carbonyl (C=O) groups excluding carboxylic acids is 1. The summed E-state index contributed by atoms with van der Waals surface area (Å²) in [7, 11) is 0. The zero-order valence-corrected chi connectivity index (χ0v) is 11.6. The third-order valence-corrected chi connectivity index (χ3v) is 2.87. The van der Waals surface area contributed by atoms with Crippen molar-refractivity contribution in [1.29, 1.82) is 0 Å². The molecule has 1 amide bonds. The number of nitrogens with zero attached hydrogens (tertiary/aromatic N) is 4. The summed E-state index contributed by atoms with van der Waals surface area (Å²) in [4.78, 5) is 19.8. The van der Waals surface area contributed by atoms with Crippen molar-refractivity contribution in [3.05, 3.63) is 66.8 Å². The van der Waals surface area contributed by atoms with Crippen molar-refractivity contribution in [2.45, 2.75) is 6.54 Å². The number of rotatable bonds is 5. The summed E-state index contributed by atoms with van der Waals surface area (Å²) in [5.74, 6) is 1.11. The highest BCUT2D eigenvalue weighted by atomic mass is 16.3. The highest BCUT2D eigenvalue weighted by Gasteiger charge is 2.01. The van der Waals surface area contributed by atoms with E-state index >= 15 is 0 Å². The topological polar surface area (TPSA) is 85.8 Å². The van der Waals surface area contributed by atoms with Gasteiger partial charge in [0.05, 0.1) is 6.26 Å². The van der Waals surface area contributed by atoms with Crippen LogP contribution in [0.1, 0.15) is 11.3 Å². The second-order valence-corrected chi connectivity index (χ2v) is 4.43. The largest absolute Gasteiger partial charge is 0.465 e. The van der Waals surface area contributed by atoms with Gasteiger partial charge in [0.2, 0.25) is 5.91 Å². The standard InChI is InChI=1S/C15H13N5O2/c21-15(6-4-13-2-1-7-22-13)18-9-12-3-5-14(17-8-12)20-11-16-10-19-20/h1-8,10-11H,9H2,(H,18,21)/b6-4+. The van der Waals surface area contributed by atoms with Crippen LogP contribution in [0.2, 0.25) is 0 Å². The summed E-state index contributed by atoms with van der Waals surface area (Å²) in [6.45, 7) is 0.395. The molecule has 0 bridgehead atoms. The lowest BCUT2D eigenvalue weighted by atomic mass is 10.3. The number of nitrogens with one attached hydrogen (secondary N) is 1. The van der Waals surface area contributed by atoms with E-state index in [2.05, 4.69) is 20.4 Å². The van der Waals surface area contributed by atoms with Gasteiger partial charge in [-0.2, -0.15) is 5.10 Å². The Labute approximate surface area is 126 Å². The number of amides is 1. The number of aromatic nitrogens is 4. The molecule has 0 spiro atoms. The average Bonchev–Trinajstić information content (AvgIpc) is 3.24. The fourth-order valence-electron chi connectivity index (χ4n) is 1.78. The zero-order valence-electron chi connectivity index (χ0n) is 11.6. The van der Waals surface area contributed by atoms with Crippen molar-refractivity contribution < 1.29 is 9.21 Å². The maximum absolute atomic E-state index is 11.7. The molecule has 0 aromatic carbocycles. The number of carbonyl (C=O) groups is 1. The summed E-state index contributed by atoms with van der Waals surface area (Å²) in [6, 6.07) is 7.23. The minimum atomic E-state index is -0.197. The molecule has 0 fully saturated rings. The maximum Gasteiger partial charge on any atom is 0.244 e. The van der Waals surface area contributed by atoms with E-state index in [-0.39, 0.29) is 5.91 Å². The first kappa shape index (κ1) is 13.7. The fourth-order valence-corrected chi connectivity index (χ4v) is 1.78. The number of hydrogen-bond donors (Lipinski definition) is 1. The Kier molecular flexibility index (Phi) is 4.05. The molecule has 110 valence electrons. The highest BCUT2D eigenvalue weighted by Crippen LogP contribution is 2.04. The Morgan fingerprint density at radius 2 is 2.32 bits per heavy atom. The number of hydrogen-bond acceptors (Lipinski definition) is 5. The summed E-state index contributed by atoms with van der Waals surface area (Å²) in [5, 5.41) is 6.77. The molecule has 0 radical (unpaired) electrons. The Hall–Kier alpha value is -3.22. The summed E-state index contributed by atoms with van der Waals surface area (Å²) in [6.07, 6.45) is 9.30. The minimum absolute atomic E-state index is 0.197. The van der Waals surface area contributed by atoms with E-state index in [4.69, 9.17) is 4.42 Å². The average molecular weight is 295 g/mol. The molecular formula is C15H13N5O2. The molecule has 3 aromatic heterocycles. The van der Waals surface area contributed by atoms with Gasteiger partial charge in [0, 0.05) is 18.8 Å². The Bertz CT molecular complexity index is 746. The van der Waals surface area contributed by atoms with Gasteiger partial charge in [0.1, 0.15) is 18.4 Å². The molecule has 0 unspecified atom stereocenters. The molecule has 0 aliphatic carbocycles. The first-order chi connectivity index (χ1) is 10.8. The van der Waals surface area contributed by atoms with Crippen LogP contribution in [0.4, 0.5) is 0 Å². The third kappa shape index (κ3) is 3.45. The van der Waals surface area contributed by atoms with Gasteiger partial charge in [-0.25, -0.2) is 14.6 Å². The van der Waals surface area contributed by atoms with Crippen LogP contribution in [0, 0.1) is 0 Å². The maximum atomic E-state index is 11.7. The zero-order chi connectivity index (χ0) is 15.2. The van der Waals surface area contributed by atoms with Gasteiger partial charge in [-0.05, 0) is 29.8 Å². The van der Waals surface area contributed by atoms with Crippen molar-refractivity contribution >= 4 is 12.0 Å². The molecule has 0 aliphatic rings. The van der Waals surface area contributed by atoms with Crippen LogP contribution in [-0.2, 0) is 11.3 Å². The molecule has 7 heteroatoms. The van der Waals surface area contributed by atoms with Crippen LogP contribution in [0.5, 0.6) is 0 Å². The fraction of sp³-hybridized carbons (Fsp3) is 0.0667. The first-order valence-corrected chi connectivity index (χ1v) is 6.60. The molecule has 22 heavy (non-hydrogen) atoms. The van der Waals surface area contributed by atoms with Crippen molar-refractivity contribution in [2.75, 3.05) is 0 Å². The number of pyridine rings is 1. The molecule has 1 N–H and O–H groups in total. The van der Waals surface area contributed by atoms with Crippen LogP contribution in [0.15, 0.2) is 59.9 Å². The van der Waals surface area contributed by atoms with Crippen molar-refractivity contribution in [2.24, 2.45) is 0 Å². The molecule has 7 nitrogen and oxygen atoms in total. The predicted molar refractivity (Wildman–Crippen MR) is 78.7 cm³/mol. The molecule has 0 atom stereocenters. The lowest BCUT2D eigenvalue weighted by molar-refractivity contribution is -0.116. The second-order valence-electron chi connectivity index (χ2n) is 4.43. The van der Waals surface area contributed by atoms with Crippen LogP contribution >= 0.6 is 0 Å². The van der Waals surface area contributed by atoms with Gasteiger partial charge in [0.15, 0.2) is 5.82 Å². The Morgan fingerprint density at radius 3 is 3.00 bits per heavy atom. The Balaban J connectivity index is 1.54. The van der Waals surface area contributed by atoms with Crippen LogP contribution < -0.4 is 5.32 Å². The monoisotopic (exact) mass is 295 g/mol. The molecule has 0 saturated carbocycles. The van der Waals surface area contributed by atoms with Gasteiger partial charge < -0.3 is 9.73 Å². The normalized spacial score (nSPS) is 10.9. The molecular weight excluding hydrogens is 282 g/mol. The quantitative estimate of drug-likeness (QED) is 0.722. The third-order valence-electron chi connectivity index (χ3n) is 2.87. The highest BCUT2D eigenvalue weighted by molar-refractivity contribution is 5.91. The number of furan rings is 1. The van der Waals surface area contributed by atoms with E-state index in [1.165, 1.54) is 12.4 Å². The van der Waals surface area contributed by atoms with Gasteiger partial charge in [-0.1, -0.05) is 6.07 Å².